The maximum Gasteiger partial charge on any atom is 0.162 e. The van der Waals surface area contributed by atoms with Gasteiger partial charge in [0.25, 0.3) is 0 Å². The minimum Gasteiger partial charge on any atom is -0.340 e. The highest BCUT2D eigenvalue weighted by molar-refractivity contribution is 6.29. The lowest BCUT2D eigenvalue weighted by Crippen LogP contribution is -2.09. The number of aromatic nitrogens is 3. The molecule has 0 unspecified atom stereocenters. The fraction of sp³-hybridized carbons (Fsp3) is 0.333. The molecule has 2 aromatic heterocycles. The number of fused-ring (bicyclic) bond motifs is 1. The zero-order valence-corrected chi connectivity index (χ0v) is 14.5. The molecule has 1 aliphatic carbocycles. The predicted octanol–water partition coefficient (Wildman–Crippen LogP) is 5.56. The zero-order chi connectivity index (χ0) is 17.1. The van der Waals surface area contributed by atoms with E-state index < -0.39 is 0 Å². The molecule has 0 aliphatic heterocycles. The Balaban J connectivity index is 0.000000815. The standard InChI is InChI=1S/C16H14ClFN4.C2H6/c17-14-8-15(20-12-6-2-5-11(18)7-12)22-16(21-14)13(9-19-22)10-3-1-4-10;1-2/h2,5-10,20H,1,3-4H2;1-2H3. The van der Waals surface area contributed by atoms with Crippen LogP contribution in [-0.4, -0.2) is 14.6 Å². The normalized spacial score (nSPS) is 14.0. The van der Waals surface area contributed by atoms with Crippen LogP contribution in [0, 0.1) is 5.82 Å². The molecule has 0 spiro atoms. The highest BCUT2D eigenvalue weighted by Gasteiger charge is 2.24. The Bertz CT molecular complexity index is 842. The summed E-state index contributed by atoms with van der Waals surface area (Å²) in [5.41, 5.74) is 2.55. The quantitative estimate of drug-likeness (QED) is 0.631. The van der Waals surface area contributed by atoms with Crippen LogP contribution in [-0.2, 0) is 0 Å². The number of halogens is 2. The summed E-state index contributed by atoms with van der Waals surface area (Å²) in [6.07, 6.45) is 5.45. The molecule has 24 heavy (non-hydrogen) atoms. The van der Waals surface area contributed by atoms with E-state index >= 15 is 0 Å². The zero-order valence-electron chi connectivity index (χ0n) is 13.8. The van der Waals surface area contributed by atoms with Gasteiger partial charge in [0.05, 0.1) is 6.20 Å². The number of hydrogen-bond donors (Lipinski definition) is 1. The van der Waals surface area contributed by atoms with Crippen molar-refractivity contribution in [2.24, 2.45) is 0 Å². The van der Waals surface area contributed by atoms with Crippen molar-refractivity contribution < 1.29 is 4.39 Å². The minimum absolute atomic E-state index is 0.294. The lowest BCUT2D eigenvalue weighted by Gasteiger charge is -2.24. The molecule has 1 fully saturated rings. The molecular formula is C18H20ClFN4. The first kappa shape index (κ1) is 16.7. The van der Waals surface area contributed by atoms with E-state index in [-0.39, 0.29) is 5.82 Å². The average molecular weight is 347 g/mol. The number of nitrogens with zero attached hydrogens (tertiary/aromatic N) is 3. The first-order valence-corrected chi connectivity index (χ1v) is 8.65. The van der Waals surface area contributed by atoms with Crippen LogP contribution in [0.2, 0.25) is 5.15 Å². The van der Waals surface area contributed by atoms with Gasteiger partial charge >= 0.3 is 0 Å². The van der Waals surface area contributed by atoms with Crippen molar-refractivity contribution in [1.29, 1.82) is 0 Å². The van der Waals surface area contributed by atoms with Crippen molar-refractivity contribution >= 4 is 28.8 Å². The molecule has 0 radical (unpaired) electrons. The maximum absolute atomic E-state index is 13.3. The predicted molar refractivity (Wildman–Crippen MR) is 95.6 cm³/mol. The first-order valence-electron chi connectivity index (χ1n) is 8.27. The monoisotopic (exact) mass is 346 g/mol. The van der Waals surface area contributed by atoms with Gasteiger partial charge in [-0.2, -0.15) is 9.61 Å². The molecule has 3 aromatic rings. The van der Waals surface area contributed by atoms with Crippen molar-refractivity contribution in [3.63, 3.8) is 0 Å². The van der Waals surface area contributed by atoms with Crippen molar-refractivity contribution in [2.75, 3.05) is 5.32 Å². The van der Waals surface area contributed by atoms with E-state index in [1.807, 2.05) is 20.0 Å². The van der Waals surface area contributed by atoms with Gasteiger partial charge in [-0.3, -0.25) is 0 Å². The second-order valence-electron chi connectivity index (χ2n) is 5.56. The van der Waals surface area contributed by atoms with E-state index in [1.165, 1.54) is 31.4 Å². The van der Waals surface area contributed by atoms with Crippen LogP contribution in [0.25, 0.3) is 5.65 Å². The molecule has 0 bridgehead atoms. The molecule has 0 saturated heterocycles. The molecule has 1 aromatic carbocycles. The summed E-state index contributed by atoms with van der Waals surface area (Å²) in [7, 11) is 0. The summed E-state index contributed by atoms with van der Waals surface area (Å²) in [5, 5.41) is 7.97. The van der Waals surface area contributed by atoms with Crippen LogP contribution in [0.4, 0.5) is 15.9 Å². The molecule has 1 N–H and O–H groups in total. The summed E-state index contributed by atoms with van der Waals surface area (Å²) in [5.74, 6) is 0.897. The van der Waals surface area contributed by atoms with E-state index in [1.54, 1.807) is 22.7 Å². The van der Waals surface area contributed by atoms with E-state index in [9.17, 15) is 4.39 Å². The van der Waals surface area contributed by atoms with Crippen LogP contribution >= 0.6 is 11.6 Å². The number of nitrogens with one attached hydrogen (secondary N) is 1. The third-order valence-corrected chi connectivity index (χ3v) is 4.30. The van der Waals surface area contributed by atoms with Gasteiger partial charge in [0.2, 0.25) is 0 Å². The van der Waals surface area contributed by atoms with Crippen LogP contribution in [0.5, 0.6) is 0 Å². The van der Waals surface area contributed by atoms with Crippen molar-refractivity contribution in [1.82, 2.24) is 14.6 Å². The van der Waals surface area contributed by atoms with Gasteiger partial charge < -0.3 is 5.32 Å². The Hall–Kier alpha value is -2.14. The molecule has 126 valence electrons. The molecule has 4 rings (SSSR count). The van der Waals surface area contributed by atoms with Crippen LogP contribution in [0.1, 0.15) is 44.6 Å². The van der Waals surface area contributed by atoms with Crippen LogP contribution in [0.3, 0.4) is 0 Å². The van der Waals surface area contributed by atoms with Crippen molar-refractivity contribution in [3.8, 4) is 0 Å². The van der Waals surface area contributed by atoms with Gasteiger partial charge in [-0.05, 0) is 37.0 Å². The number of hydrogen-bond acceptors (Lipinski definition) is 3. The van der Waals surface area contributed by atoms with Crippen LogP contribution in [0.15, 0.2) is 36.5 Å². The summed E-state index contributed by atoms with van der Waals surface area (Å²) in [4.78, 5) is 4.41. The van der Waals surface area contributed by atoms with Gasteiger partial charge in [0, 0.05) is 17.3 Å². The van der Waals surface area contributed by atoms with E-state index in [2.05, 4.69) is 15.4 Å². The number of benzene rings is 1. The second-order valence-corrected chi connectivity index (χ2v) is 5.95. The minimum atomic E-state index is -0.294. The summed E-state index contributed by atoms with van der Waals surface area (Å²) in [6.45, 7) is 4.00. The van der Waals surface area contributed by atoms with E-state index in [4.69, 9.17) is 11.6 Å². The van der Waals surface area contributed by atoms with E-state index in [0.29, 0.717) is 22.6 Å². The molecule has 1 saturated carbocycles. The smallest absolute Gasteiger partial charge is 0.162 e. The Labute approximate surface area is 145 Å². The lowest BCUT2D eigenvalue weighted by molar-refractivity contribution is 0.421. The molecular weight excluding hydrogens is 327 g/mol. The highest BCUT2D eigenvalue weighted by Crippen LogP contribution is 2.38. The Morgan fingerprint density at radius 3 is 2.71 bits per heavy atom. The maximum atomic E-state index is 13.3. The van der Waals surface area contributed by atoms with E-state index in [0.717, 1.165) is 11.2 Å². The average Bonchev–Trinajstić information content (AvgIpc) is 2.91. The number of anilines is 2. The topological polar surface area (TPSA) is 42.2 Å². The number of rotatable bonds is 3. The van der Waals surface area contributed by atoms with Gasteiger partial charge in [-0.1, -0.05) is 37.9 Å². The highest BCUT2D eigenvalue weighted by atomic mass is 35.5. The van der Waals surface area contributed by atoms with Gasteiger partial charge in [0.1, 0.15) is 16.8 Å². The third-order valence-electron chi connectivity index (χ3n) is 4.11. The molecule has 6 heteroatoms. The largest absolute Gasteiger partial charge is 0.340 e. The Morgan fingerprint density at radius 2 is 2.04 bits per heavy atom. The van der Waals surface area contributed by atoms with Gasteiger partial charge in [-0.15, -0.1) is 0 Å². The van der Waals surface area contributed by atoms with Gasteiger partial charge in [-0.25, -0.2) is 9.37 Å². The summed E-state index contributed by atoms with van der Waals surface area (Å²) in [6, 6.07) is 7.97. The summed E-state index contributed by atoms with van der Waals surface area (Å²) >= 11 is 6.15. The second kappa shape index (κ2) is 7.18. The SMILES string of the molecule is CC.Fc1cccc(Nc2cc(Cl)nc3c(C4CCC4)cnn23)c1. The summed E-state index contributed by atoms with van der Waals surface area (Å²) < 4.78 is 15.1. The Morgan fingerprint density at radius 1 is 1.25 bits per heavy atom. The Kier molecular flexibility index (Phi) is 5.00. The third kappa shape index (κ3) is 3.22. The van der Waals surface area contributed by atoms with Gasteiger partial charge in [0.15, 0.2) is 5.65 Å². The molecule has 4 nitrogen and oxygen atoms in total. The van der Waals surface area contributed by atoms with Crippen molar-refractivity contribution in [3.05, 3.63) is 53.1 Å². The molecule has 0 amide bonds. The first-order chi connectivity index (χ1) is 11.7. The van der Waals surface area contributed by atoms with Crippen molar-refractivity contribution in [2.45, 2.75) is 39.0 Å². The fourth-order valence-electron chi connectivity index (χ4n) is 2.76. The molecule has 1 aliphatic rings. The fourth-order valence-corrected chi connectivity index (χ4v) is 2.94. The van der Waals surface area contributed by atoms with Crippen LogP contribution < -0.4 is 5.32 Å². The lowest BCUT2D eigenvalue weighted by atomic mass is 9.81. The molecule has 2 heterocycles. The molecule has 0 atom stereocenters.